The van der Waals surface area contributed by atoms with E-state index in [0.717, 1.165) is 33.7 Å². The minimum atomic E-state index is 0.561. The Balaban J connectivity index is 1.62. The van der Waals surface area contributed by atoms with E-state index < -0.39 is 0 Å². The molecule has 138 valence electrons. The summed E-state index contributed by atoms with van der Waals surface area (Å²) in [7, 11) is 0. The van der Waals surface area contributed by atoms with Gasteiger partial charge in [-0.05, 0) is 50.8 Å². The van der Waals surface area contributed by atoms with Crippen molar-refractivity contribution in [3.8, 4) is 17.0 Å². The molecule has 0 spiro atoms. The van der Waals surface area contributed by atoms with Gasteiger partial charge in [0.2, 0.25) is 0 Å². The molecule has 0 bridgehead atoms. The van der Waals surface area contributed by atoms with E-state index in [4.69, 9.17) is 9.72 Å². The molecule has 2 atom stereocenters. The lowest BCUT2D eigenvalue weighted by Crippen LogP contribution is -2.26. The molecule has 1 saturated carbocycles. The quantitative estimate of drug-likeness (QED) is 0.581. The number of aromatic amines is 1. The monoisotopic (exact) mass is 369 g/mol. The zero-order valence-corrected chi connectivity index (χ0v) is 16.6. The number of anilines is 1. The van der Waals surface area contributed by atoms with Crippen LogP contribution in [0.3, 0.4) is 0 Å². The Bertz CT molecular complexity index is 898. The van der Waals surface area contributed by atoms with Gasteiger partial charge in [0.15, 0.2) is 5.13 Å². The zero-order valence-electron chi connectivity index (χ0n) is 15.8. The number of benzene rings is 1. The zero-order chi connectivity index (χ0) is 18.1. The summed E-state index contributed by atoms with van der Waals surface area (Å²) >= 11 is 1.71. The van der Waals surface area contributed by atoms with E-state index in [-0.39, 0.29) is 0 Å². The number of rotatable bonds is 5. The SMILES string of the molecule is CCOc1ccc2[nH]c(C)c(-c3csc(N[C@H]4CCC[C@@H](C)C4)n3)c2c1. The second-order valence-electron chi connectivity index (χ2n) is 7.42. The molecule has 0 unspecified atom stereocenters. The number of hydrogen-bond acceptors (Lipinski definition) is 4. The molecule has 0 amide bonds. The minimum absolute atomic E-state index is 0.561. The lowest BCUT2D eigenvalue weighted by atomic mass is 9.87. The van der Waals surface area contributed by atoms with Crippen LogP contribution in [0.25, 0.3) is 22.2 Å². The van der Waals surface area contributed by atoms with E-state index in [1.54, 1.807) is 11.3 Å². The highest BCUT2D eigenvalue weighted by Gasteiger charge is 2.20. The summed E-state index contributed by atoms with van der Waals surface area (Å²) in [5.74, 6) is 1.72. The van der Waals surface area contributed by atoms with Crippen LogP contribution in [0, 0.1) is 12.8 Å². The first-order chi connectivity index (χ1) is 12.6. The molecule has 0 aliphatic heterocycles. The average molecular weight is 370 g/mol. The van der Waals surface area contributed by atoms with E-state index in [0.29, 0.717) is 12.6 Å². The molecule has 5 heteroatoms. The average Bonchev–Trinajstić information content (AvgIpc) is 3.18. The highest BCUT2D eigenvalue weighted by molar-refractivity contribution is 7.14. The van der Waals surface area contributed by atoms with Gasteiger partial charge in [-0.25, -0.2) is 4.98 Å². The molecule has 0 saturated heterocycles. The maximum Gasteiger partial charge on any atom is 0.183 e. The van der Waals surface area contributed by atoms with Crippen LogP contribution in [0.5, 0.6) is 5.75 Å². The van der Waals surface area contributed by atoms with E-state index in [2.05, 4.69) is 41.7 Å². The Morgan fingerprint density at radius 3 is 3.04 bits per heavy atom. The van der Waals surface area contributed by atoms with Crippen LogP contribution in [0.2, 0.25) is 0 Å². The van der Waals surface area contributed by atoms with Crippen molar-refractivity contribution in [2.45, 2.75) is 52.5 Å². The normalized spacial score (nSPS) is 20.4. The highest BCUT2D eigenvalue weighted by atomic mass is 32.1. The predicted molar refractivity (Wildman–Crippen MR) is 110 cm³/mol. The van der Waals surface area contributed by atoms with Crippen molar-refractivity contribution in [3.63, 3.8) is 0 Å². The Morgan fingerprint density at radius 2 is 2.23 bits per heavy atom. The molecule has 4 rings (SSSR count). The molecule has 2 heterocycles. The number of H-pyrrole nitrogens is 1. The summed E-state index contributed by atoms with van der Waals surface area (Å²) in [6, 6.07) is 6.79. The topological polar surface area (TPSA) is 49.9 Å². The Morgan fingerprint density at radius 1 is 1.35 bits per heavy atom. The van der Waals surface area contributed by atoms with E-state index in [1.807, 2.05) is 13.0 Å². The number of aryl methyl sites for hydroxylation is 1. The van der Waals surface area contributed by atoms with E-state index in [1.165, 1.54) is 36.6 Å². The second-order valence-corrected chi connectivity index (χ2v) is 8.27. The van der Waals surface area contributed by atoms with Crippen molar-refractivity contribution < 1.29 is 4.74 Å². The molecule has 3 aromatic rings. The third-order valence-electron chi connectivity index (χ3n) is 5.29. The Labute approximate surface area is 159 Å². The van der Waals surface area contributed by atoms with Crippen LogP contribution in [-0.4, -0.2) is 22.6 Å². The first kappa shape index (κ1) is 17.4. The largest absolute Gasteiger partial charge is 0.494 e. The third-order valence-corrected chi connectivity index (χ3v) is 6.07. The first-order valence-electron chi connectivity index (χ1n) is 9.61. The molecule has 4 nitrogen and oxygen atoms in total. The first-order valence-corrected chi connectivity index (χ1v) is 10.5. The molecule has 1 aromatic carbocycles. The molecule has 0 radical (unpaired) electrons. The number of ether oxygens (including phenoxy) is 1. The van der Waals surface area contributed by atoms with Crippen molar-refractivity contribution in [3.05, 3.63) is 29.3 Å². The number of fused-ring (bicyclic) bond motifs is 1. The van der Waals surface area contributed by atoms with Gasteiger partial charge in [-0.3, -0.25) is 0 Å². The van der Waals surface area contributed by atoms with Crippen LogP contribution in [-0.2, 0) is 0 Å². The van der Waals surface area contributed by atoms with Crippen LogP contribution in [0.15, 0.2) is 23.6 Å². The van der Waals surface area contributed by atoms with Gasteiger partial charge >= 0.3 is 0 Å². The van der Waals surface area contributed by atoms with Crippen molar-refractivity contribution in [1.29, 1.82) is 0 Å². The predicted octanol–water partition coefficient (Wildman–Crippen LogP) is 5.99. The van der Waals surface area contributed by atoms with Gasteiger partial charge in [0.05, 0.1) is 12.3 Å². The fraction of sp³-hybridized carbons (Fsp3) is 0.476. The van der Waals surface area contributed by atoms with Gasteiger partial charge in [-0.1, -0.05) is 19.8 Å². The third kappa shape index (κ3) is 3.45. The molecular formula is C21H27N3OS. The number of nitrogens with one attached hydrogen (secondary N) is 2. The fourth-order valence-corrected chi connectivity index (χ4v) is 4.87. The molecule has 26 heavy (non-hydrogen) atoms. The van der Waals surface area contributed by atoms with E-state index >= 15 is 0 Å². The summed E-state index contributed by atoms with van der Waals surface area (Å²) < 4.78 is 5.69. The van der Waals surface area contributed by atoms with Crippen LogP contribution in [0.4, 0.5) is 5.13 Å². The van der Waals surface area contributed by atoms with Gasteiger partial charge in [0.1, 0.15) is 5.75 Å². The maximum atomic E-state index is 5.69. The molecular weight excluding hydrogens is 342 g/mol. The highest BCUT2D eigenvalue weighted by Crippen LogP contribution is 2.36. The van der Waals surface area contributed by atoms with Crippen LogP contribution < -0.4 is 10.1 Å². The summed E-state index contributed by atoms with van der Waals surface area (Å²) in [6.07, 6.45) is 5.18. The molecule has 1 aliphatic rings. The maximum absolute atomic E-state index is 5.69. The summed E-state index contributed by atoms with van der Waals surface area (Å²) in [6.45, 7) is 7.16. The lowest BCUT2D eigenvalue weighted by Gasteiger charge is -2.27. The van der Waals surface area contributed by atoms with Gasteiger partial charge in [0.25, 0.3) is 0 Å². The van der Waals surface area contributed by atoms with Gasteiger partial charge < -0.3 is 15.0 Å². The second kappa shape index (κ2) is 7.31. The number of aromatic nitrogens is 2. The fourth-order valence-electron chi connectivity index (χ4n) is 4.09. The van der Waals surface area contributed by atoms with Crippen LogP contribution in [0.1, 0.15) is 45.2 Å². The van der Waals surface area contributed by atoms with Crippen molar-refractivity contribution >= 4 is 27.4 Å². The molecule has 1 aliphatic carbocycles. The smallest absolute Gasteiger partial charge is 0.183 e. The molecule has 2 aromatic heterocycles. The van der Waals surface area contributed by atoms with Crippen LogP contribution >= 0.6 is 11.3 Å². The number of thiazole rings is 1. The van der Waals surface area contributed by atoms with Crippen molar-refractivity contribution in [2.24, 2.45) is 5.92 Å². The van der Waals surface area contributed by atoms with Crippen molar-refractivity contribution in [2.75, 3.05) is 11.9 Å². The Kier molecular flexibility index (Phi) is 4.90. The molecule has 2 N–H and O–H groups in total. The van der Waals surface area contributed by atoms with Gasteiger partial charge in [-0.2, -0.15) is 0 Å². The van der Waals surface area contributed by atoms with E-state index in [9.17, 15) is 0 Å². The standard InChI is InChI=1S/C21H27N3OS/c1-4-25-16-8-9-18-17(11-16)20(14(3)22-18)19-12-26-21(24-19)23-15-7-5-6-13(2)10-15/h8-9,11-13,15,22H,4-7,10H2,1-3H3,(H,23,24)/t13-,15+/m1/s1. The van der Waals surface area contributed by atoms with Gasteiger partial charge in [0, 0.05) is 33.6 Å². The summed E-state index contributed by atoms with van der Waals surface area (Å²) in [5.41, 5.74) is 4.50. The number of hydrogen-bond donors (Lipinski definition) is 2. The minimum Gasteiger partial charge on any atom is -0.494 e. The molecule has 1 fully saturated rings. The Hall–Kier alpha value is -2.01. The summed E-state index contributed by atoms with van der Waals surface area (Å²) in [4.78, 5) is 8.39. The lowest BCUT2D eigenvalue weighted by molar-refractivity contribution is 0.341. The number of nitrogens with zero attached hydrogens (tertiary/aromatic N) is 1. The van der Waals surface area contributed by atoms with Gasteiger partial charge in [-0.15, -0.1) is 11.3 Å². The summed E-state index contributed by atoms with van der Waals surface area (Å²) in [5, 5.41) is 8.04. The van der Waals surface area contributed by atoms with Crippen molar-refractivity contribution in [1.82, 2.24) is 9.97 Å².